The van der Waals surface area contributed by atoms with Gasteiger partial charge in [-0.2, -0.15) is 0 Å². The first-order valence-corrected chi connectivity index (χ1v) is 8.39. The van der Waals surface area contributed by atoms with Crippen molar-refractivity contribution in [2.75, 3.05) is 0 Å². The average Bonchev–Trinajstić information content (AvgIpc) is 2.43. The van der Waals surface area contributed by atoms with Gasteiger partial charge < -0.3 is 15.9 Å². The molecule has 5 heteroatoms. The maximum Gasteiger partial charge on any atom is 0.307 e. The lowest BCUT2D eigenvalue weighted by atomic mass is 9.80. The van der Waals surface area contributed by atoms with Crippen LogP contribution in [0.25, 0.3) is 0 Å². The van der Waals surface area contributed by atoms with Crippen molar-refractivity contribution in [1.29, 1.82) is 0 Å². The van der Waals surface area contributed by atoms with Gasteiger partial charge in [-0.3, -0.25) is 9.59 Å². The number of unbranched alkanes of at least 4 members (excludes halogenated alkanes) is 2. The summed E-state index contributed by atoms with van der Waals surface area (Å²) >= 11 is 0. The van der Waals surface area contributed by atoms with Crippen LogP contribution >= 0.6 is 0 Å². The molecule has 0 saturated carbocycles. The molecular formula is C17H35NO4. The molecule has 0 fully saturated rings. The largest absolute Gasteiger partial charge is 0.481 e. The summed E-state index contributed by atoms with van der Waals surface area (Å²) < 4.78 is 0. The van der Waals surface area contributed by atoms with E-state index in [1.807, 2.05) is 0 Å². The molecule has 0 radical (unpaired) electrons. The van der Waals surface area contributed by atoms with Gasteiger partial charge in [0, 0.05) is 12.5 Å². The van der Waals surface area contributed by atoms with Crippen LogP contribution in [0.2, 0.25) is 0 Å². The summed E-state index contributed by atoms with van der Waals surface area (Å²) in [6.07, 6.45) is 5.35. The van der Waals surface area contributed by atoms with E-state index in [1.165, 1.54) is 0 Å². The number of hydrogen-bond acceptors (Lipinski definition) is 3. The molecule has 0 bridgehead atoms. The van der Waals surface area contributed by atoms with Gasteiger partial charge in [-0.15, -0.1) is 0 Å². The Balaban J connectivity index is 0. The van der Waals surface area contributed by atoms with Crippen molar-refractivity contribution in [3.05, 3.63) is 0 Å². The third-order valence-electron chi connectivity index (χ3n) is 3.93. The Bertz CT molecular complexity index is 305. The highest BCUT2D eigenvalue weighted by Gasteiger charge is 2.29. The summed E-state index contributed by atoms with van der Waals surface area (Å²) in [5, 5.41) is 17.0. The molecule has 0 saturated heterocycles. The van der Waals surface area contributed by atoms with Crippen LogP contribution in [0.5, 0.6) is 0 Å². The van der Waals surface area contributed by atoms with Gasteiger partial charge >= 0.3 is 11.9 Å². The van der Waals surface area contributed by atoms with E-state index in [4.69, 9.17) is 15.9 Å². The minimum absolute atomic E-state index is 0.229. The number of aliphatic carboxylic acids is 2. The minimum atomic E-state index is -0.792. The standard InChI is InChI=1S/C11H23NO2.C6H12O2/c1-5-6-9(7(2)3)10(12)8(4)11(13)14;1-2-3-4-5-6(7)8/h7-10H,5-6,12H2,1-4H3,(H,13,14);2-5H2,1H3,(H,7,8). The van der Waals surface area contributed by atoms with Gasteiger partial charge in [-0.05, 0) is 24.7 Å². The second-order valence-corrected chi connectivity index (χ2v) is 6.25. The predicted octanol–water partition coefficient (Wildman–Crippen LogP) is 3.76. The quantitative estimate of drug-likeness (QED) is 0.533. The fourth-order valence-electron chi connectivity index (χ4n) is 2.37. The van der Waals surface area contributed by atoms with Crippen molar-refractivity contribution in [1.82, 2.24) is 0 Å². The molecular weight excluding hydrogens is 282 g/mol. The molecule has 5 nitrogen and oxygen atoms in total. The Hall–Kier alpha value is -1.10. The first-order chi connectivity index (χ1) is 10.2. The highest BCUT2D eigenvalue weighted by Crippen LogP contribution is 2.24. The number of nitrogens with two attached hydrogens (primary N) is 1. The number of hydrogen-bond donors (Lipinski definition) is 3. The predicted molar refractivity (Wildman–Crippen MR) is 89.8 cm³/mol. The Kier molecular flexibility index (Phi) is 14.3. The molecule has 0 aromatic heterocycles. The highest BCUT2D eigenvalue weighted by molar-refractivity contribution is 5.70. The summed E-state index contributed by atoms with van der Waals surface area (Å²) in [5.41, 5.74) is 5.97. The highest BCUT2D eigenvalue weighted by atomic mass is 16.4. The van der Waals surface area contributed by atoms with E-state index < -0.39 is 17.9 Å². The molecule has 0 aliphatic heterocycles. The van der Waals surface area contributed by atoms with Crippen LogP contribution in [-0.2, 0) is 9.59 Å². The van der Waals surface area contributed by atoms with E-state index in [2.05, 4.69) is 27.7 Å². The average molecular weight is 317 g/mol. The van der Waals surface area contributed by atoms with Gasteiger partial charge in [-0.1, -0.05) is 53.9 Å². The van der Waals surface area contributed by atoms with E-state index in [0.29, 0.717) is 18.3 Å². The molecule has 4 N–H and O–H groups in total. The molecule has 3 unspecified atom stereocenters. The maximum atomic E-state index is 10.8. The minimum Gasteiger partial charge on any atom is -0.481 e. The van der Waals surface area contributed by atoms with E-state index in [0.717, 1.165) is 32.1 Å². The third-order valence-corrected chi connectivity index (χ3v) is 3.93. The number of rotatable bonds is 10. The number of carbonyl (C=O) groups is 2. The molecule has 0 aromatic carbocycles. The molecule has 0 aromatic rings. The van der Waals surface area contributed by atoms with Crippen LogP contribution in [-0.4, -0.2) is 28.2 Å². The Morgan fingerprint density at radius 3 is 1.86 bits per heavy atom. The third kappa shape index (κ3) is 11.5. The van der Waals surface area contributed by atoms with Gasteiger partial charge in [0.2, 0.25) is 0 Å². The van der Waals surface area contributed by atoms with Gasteiger partial charge in [0.25, 0.3) is 0 Å². The lowest BCUT2D eigenvalue weighted by Gasteiger charge is -2.29. The van der Waals surface area contributed by atoms with Crippen molar-refractivity contribution >= 4 is 11.9 Å². The summed E-state index contributed by atoms with van der Waals surface area (Å²) in [5.74, 6) is -1.16. The Morgan fingerprint density at radius 1 is 1.00 bits per heavy atom. The van der Waals surface area contributed by atoms with E-state index in [-0.39, 0.29) is 6.04 Å². The fourth-order valence-corrected chi connectivity index (χ4v) is 2.37. The zero-order chi connectivity index (χ0) is 17.7. The summed E-state index contributed by atoms with van der Waals surface area (Å²) in [6.45, 7) is 10.1. The van der Waals surface area contributed by atoms with E-state index in [9.17, 15) is 9.59 Å². The smallest absolute Gasteiger partial charge is 0.307 e. The van der Waals surface area contributed by atoms with Crippen molar-refractivity contribution in [2.45, 2.75) is 79.2 Å². The second kappa shape index (κ2) is 13.6. The molecule has 0 aliphatic carbocycles. The van der Waals surface area contributed by atoms with Crippen LogP contribution in [0.1, 0.15) is 73.1 Å². The maximum absolute atomic E-state index is 10.8. The Morgan fingerprint density at radius 2 is 1.55 bits per heavy atom. The normalized spacial score (nSPS) is 14.7. The van der Waals surface area contributed by atoms with Crippen molar-refractivity contribution < 1.29 is 19.8 Å². The second-order valence-electron chi connectivity index (χ2n) is 6.25. The monoisotopic (exact) mass is 317 g/mol. The molecule has 3 atom stereocenters. The zero-order valence-corrected chi connectivity index (χ0v) is 14.8. The number of carboxylic acids is 2. The van der Waals surface area contributed by atoms with Crippen LogP contribution in [0.4, 0.5) is 0 Å². The zero-order valence-electron chi connectivity index (χ0n) is 14.8. The number of carboxylic acid groups (broad SMARTS) is 2. The molecule has 22 heavy (non-hydrogen) atoms. The van der Waals surface area contributed by atoms with Crippen LogP contribution in [0, 0.1) is 17.8 Å². The van der Waals surface area contributed by atoms with E-state index >= 15 is 0 Å². The van der Waals surface area contributed by atoms with Gasteiger partial charge in [-0.25, -0.2) is 0 Å². The molecule has 0 aliphatic rings. The van der Waals surface area contributed by atoms with Crippen molar-refractivity contribution in [2.24, 2.45) is 23.5 Å². The van der Waals surface area contributed by atoms with Gasteiger partial charge in [0.05, 0.1) is 5.92 Å². The molecule has 132 valence electrons. The molecule has 0 amide bonds. The first-order valence-electron chi connectivity index (χ1n) is 8.39. The molecule has 0 heterocycles. The van der Waals surface area contributed by atoms with Gasteiger partial charge in [0.15, 0.2) is 0 Å². The van der Waals surface area contributed by atoms with Crippen molar-refractivity contribution in [3.63, 3.8) is 0 Å². The van der Waals surface area contributed by atoms with Crippen LogP contribution < -0.4 is 5.73 Å². The Labute approximate surface area is 135 Å². The first kappa shape index (κ1) is 23.2. The topological polar surface area (TPSA) is 101 Å². The molecule has 0 rings (SSSR count). The summed E-state index contributed by atoms with van der Waals surface area (Å²) in [4.78, 5) is 20.7. The molecule has 0 spiro atoms. The summed E-state index contributed by atoms with van der Waals surface area (Å²) in [6, 6.07) is -0.229. The lowest BCUT2D eigenvalue weighted by Crippen LogP contribution is -2.42. The van der Waals surface area contributed by atoms with Gasteiger partial charge in [0.1, 0.15) is 0 Å². The van der Waals surface area contributed by atoms with E-state index in [1.54, 1.807) is 6.92 Å². The SMILES string of the molecule is CCCC(C(C)C)C(N)C(C)C(=O)O.CCCCCC(=O)O. The lowest BCUT2D eigenvalue weighted by molar-refractivity contribution is -0.142. The van der Waals surface area contributed by atoms with Crippen molar-refractivity contribution in [3.8, 4) is 0 Å². The fraction of sp³-hybridized carbons (Fsp3) is 0.882. The summed E-state index contributed by atoms with van der Waals surface area (Å²) in [7, 11) is 0. The van der Waals surface area contributed by atoms with Crippen LogP contribution in [0.3, 0.4) is 0 Å². The van der Waals surface area contributed by atoms with Crippen LogP contribution in [0.15, 0.2) is 0 Å².